The molecule has 0 spiro atoms. The van der Waals surface area contributed by atoms with Crippen molar-refractivity contribution in [2.24, 2.45) is 0 Å². The average molecular weight is 278 g/mol. The van der Waals surface area contributed by atoms with Crippen LogP contribution in [0.1, 0.15) is 16.1 Å². The molecule has 1 aromatic heterocycles. The zero-order chi connectivity index (χ0) is 14.0. The number of aryl methyl sites for hydroxylation is 1. The van der Waals surface area contributed by atoms with Crippen molar-refractivity contribution in [3.8, 4) is 11.1 Å². The van der Waals surface area contributed by atoms with E-state index in [9.17, 15) is 9.59 Å². The lowest BCUT2D eigenvalue weighted by molar-refractivity contribution is 0.0601. The molecule has 1 aromatic carbocycles. The molecule has 0 aliphatic carbocycles. The first kappa shape index (κ1) is 13.4. The number of rotatable bonds is 2. The Hall–Kier alpha value is -2.07. The molecule has 0 aliphatic rings. The number of halogens is 1. The first-order valence-corrected chi connectivity index (χ1v) is 5.99. The lowest BCUT2D eigenvalue weighted by atomic mass is 10.0. The van der Waals surface area contributed by atoms with E-state index in [0.717, 1.165) is 5.69 Å². The molecule has 5 heteroatoms. The summed E-state index contributed by atoms with van der Waals surface area (Å²) in [6, 6.07) is 8.27. The normalized spacial score (nSPS) is 10.3. The van der Waals surface area contributed by atoms with E-state index in [4.69, 9.17) is 11.6 Å². The molecule has 19 heavy (non-hydrogen) atoms. The standard InChI is InChI=1S/C14H12ClNO3/c1-8-6-9(7-12(17)16-8)10-4-3-5-11(13(10)15)14(18)19-2/h3-7H,1-2H3,(H,16,17). The molecule has 0 radical (unpaired) electrons. The lowest BCUT2D eigenvalue weighted by Gasteiger charge is -2.08. The van der Waals surface area contributed by atoms with E-state index >= 15 is 0 Å². The van der Waals surface area contributed by atoms with Gasteiger partial charge in [-0.05, 0) is 24.6 Å². The first-order valence-electron chi connectivity index (χ1n) is 5.61. The van der Waals surface area contributed by atoms with Crippen LogP contribution in [0.2, 0.25) is 5.02 Å². The molecule has 1 N–H and O–H groups in total. The number of esters is 1. The minimum atomic E-state index is -0.506. The fourth-order valence-corrected chi connectivity index (χ4v) is 2.17. The summed E-state index contributed by atoms with van der Waals surface area (Å²) in [4.78, 5) is 25.7. The third-order valence-corrected chi connectivity index (χ3v) is 3.10. The van der Waals surface area contributed by atoms with Crippen LogP contribution in [0.15, 0.2) is 35.1 Å². The molecule has 1 heterocycles. The second kappa shape index (κ2) is 5.28. The molecule has 2 rings (SSSR count). The lowest BCUT2D eigenvalue weighted by Crippen LogP contribution is -2.06. The molecule has 0 amide bonds. The Morgan fingerprint density at radius 3 is 2.68 bits per heavy atom. The molecule has 4 nitrogen and oxygen atoms in total. The van der Waals surface area contributed by atoms with Gasteiger partial charge in [-0.1, -0.05) is 23.7 Å². The van der Waals surface area contributed by atoms with Gasteiger partial charge in [0.1, 0.15) is 0 Å². The maximum atomic E-state index is 11.6. The summed E-state index contributed by atoms with van der Waals surface area (Å²) in [7, 11) is 1.29. The van der Waals surface area contributed by atoms with Gasteiger partial charge in [-0.25, -0.2) is 4.79 Å². The van der Waals surface area contributed by atoms with Gasteiger partial charge < -0.3 is 9.72 Å². The van der Waals surface area contributed by atoms with Crippen LogP contribution >= 0.6 is 11.6 Å². The van der Waals surface area contributed by atoms with Crippen molar-refractivity contribution >= 4 is 17.6 Å². The van der Waals surface area contributed by atoms with Gasteiger partial charge in [0.25, 0.3) is 0 Å². The molecule has 0 bridgehead atoms. The number of benzene rings is 1. The van der Waals surface area contributed by atoms with E-state index < -0.39 is 5.97 Å². The number of H-pyrrole nitrogens is 1. The predicted molar refractivity (Wildman–Crippen MR) is 73.6 cm³/mol. The van der Waals surface area contributed by atoms with Gasteiger partial charge in [0.05, 0.1) is 17.7 Å². The minimum Gasteiger partial charge on any atom is -0.465 e. The van der Waals surface area contributed by atoms with Crippen LogP contribution in [0.4, 0.5) is 0 Å². The van der Waals surface area contributed by atoms with Crippen molar-refractivity contribution in [2.75, 3.05) is 7.11 Å². The van der Waals surface area contributed by atoms with Crippen LogP contribution < -0.4 is 5.56 Å². The van der Waals surface area contributed by atoms with E-state index in [1.54, 1.807) is 31.2 Å². The highest BCUT2D eigenvalue weighted by Crippen LogP contribution is 2.30. The number of hydrogen-bond acceptors (Lipinski definition) is 3. The molecule has 0 saturated heterocycles. The maximum absolute atomic E-state index is 11.6. The SMILES string of the molecule is COC(=O)c1cccc(-c2cc(C)[nH]c(=O)c2)c1Cl. The van der Waals surface area contributed by atoms with Gasteiger partial charge in [-0.2, -0.15) is 0 Å². The molecular weight excluding hydrogens is 266 g/mol. The second-order valence-corrected chi connectivity index (χ2v) is 4.45. The third kappa shape index (κ3) is 2.69. The summed E-state index contributed by atoms with van der Waals surface area (Å²) >= 11 is 6.21. The summed E-state index contributed by atoms with van der Waals surface area (Å²) in [6.45, 7) is 1.78. The van der Waals surface area contributed by atoms with Crippen molar-refractivity contribution in [1.29, 1.82) is 0 Å². The predicted octanol–water partition coefficient (Wildman–Crippen LogP) is 2.79. The molecule has 0 aliphatic heterocycles. The Balaban J connectivity index is 2.63. The fourth-order valence-electron chi connectivity index (χ4n) is 1.86. The number of ether oxygens (including phenoxy) is 1. The van der Waals surface area contributed by atoms with Crippen LogP contribution in [0, 0.1) is 6.92 Å². The number of aromatic nitrogens is 1. The smallest absolute Gasteiger partial charge is 0.339 e. The van der Waals surface area contributed by atoms with Gasteiger partial charge in [0, 0.05) is 17.3 Å². The second-order valence-electron chi connectivity index (χ2n) is 4.07. The fraction of sp³-hybridized carbons (Fsp3) is 0.143. The number of aromatic amines is 1. The molecule has 0 fully saturated rings. The Morgan fingerprint density at radius 1 is 1.32 bits per heavy atom. The summed E-state index contributed by atoms with van der Waals surface area (Å²) in [5.41, 5.74) is 2.08. The summed E-state index contributed by atoms with van der Waals surface area (Å²) < 4.78 is 4.66. The van der Waals surface area contributed by atoms with E-state index in [-0.39, 0.29) is 16.1 Å². The number of pyridine rings is 1. The number of methoxy groups -OCH3 is 1. The Kier molecular flexibility index (Phi) is 3.71. The number of nitrogens with one attached hydrogen (secondary N) is 1. The van der Waals surface area contributed by atoms with Crippen molar-refractivity contribution < 1.29 is 9.53 Å². The number of carbonyl (C=O) groups is 1. The van der Waals surface area contributed by atoms with Crippen LogP contribution in [0.3, 0.4) is 0 Å². The van der Waals surface area contributed by atoms with E-state index in [1.807, 2.05) is 0 Å². The summed E-state index contributed by atoms with van der Waals surface area (Å²) in [5.74, 6) is -0.506. The van der Waals surface area contributed by atoms with Gasteiger partial charge in [-0.3, -0.25) is 4.79 Å². The Bertz CT molecular complexity index is 691. The van der Waals surface area contributed by atoms with Gasteiger partial charge in [0.15, 0.2) is 0 Å². The summed E-state index contributed by atoms with van der Waals surface area (Å²) in [5, 5.41) is 0.277. The minimum absolute atomic E-state index is 0.213. The number of carbonyl (C=O) groups excluding carboxylic acids is 1. The zero-order valence-electron chi connectivity index (χ0n) is 10.5. The van der Waals surface area contributed by atoms with Crippen LogP contribution in [0.25, 0.3) is 11.1 Å². The molecule has 2 aromatic rings. The Morgan fingerprint density at radius 2 is 2.05 bits per heavy atom. The quantitative estimate of drug-likeness (QED) is 0.859. The molecule has 0 atom stereocenters. The largest absolute Gasteiger partial charge is 0.465 e. The van der Waals surface area contributed by atoms with E-state index in [2.05, 4.69) is 9.72 Å². The molecular formula is C14H12ClNO3. The average Bonchev–Trinajstić information content (AvgIpc) is 2.37. The molecule has 0 unspecified atom stereocenters. The summed E-state index contributed by atoms with van der Waals surface area (Å²) in [6.07, 6.45) is 0. The Labute approximate surface area is 115 Å². The van der Waals surface area contributed by atoms with Crippen molar-refractivity contribution in [3.05, 3.63) is 57.0 Å². The van der Waals surface area contributed by atoms with Crippen LogP contribution in [-0.2, 0) is 4.74 Å². The van der Waals surface area contributed by atoms with Crippen molar-refractivity contribution in [3.63, 3.8) is 0 Å². The van der Waals surface area contributed by atoms with E-state index in [0.29, 0.717) is 11.1 Å². The highest BCUT2D eigenvalue weighted by Gasteiger charge is 2.14. The van der Waals surface area contributed by atoms with Crippen molar-refractivity contribution in [1.82, 2.24) is 4.98 Å². The van der Waals surface area contributed by atoms with Gasteiger partial charge >= 0.3 is 5.97 Å². The molecule has 0 saturated carbocycles. The third-order valence-electron chi connectivity index (χ3n) is 2.69. The highest BCUT2D eigenvalue weighted by atomic mass is 35.5. The number of hydrogen-bond donors (Lipinski definition) is 1. The first-order chi connectivity index (χ1) is 9.02. The topological polar surface area (TPSA) is 59.2 Å². The van der Waals surface area contributed by atoms with Gasteiger partial charge in [-0.15, -0.1) is 0 Å². The van der Waals surface area contributed by atoms with E-state index in [1.165, 1.54) is 13.2 Å². The zero-order valence-corrected chi connectivity index (χ0v) is 11.2. The highest BCUT2D eigenvalue weighted by molar-refractivity contribution is 6.36. The molecule has 98 valence electrons. The van der Waals surface area contributed by atoms with Gasteiger partial charge in [0.2, 0.25) is 5.56 Å². The van der Waals surface area contributed by atoms with Crippen LogP contribution in [0.5, 0.6) is 0 Å². The maximum Gasteiger partial charge on any atom is 0.339 e. The monoisotopic (exact) mass is 277 g/mol. The van der Waals surface area contributed by atoms with Crippen molar-refractivity contribution in [2.45, 2.75) is 6.92 Å². The van der Waals surface area contributed by atoms with Crippen LogP contribution in [-0.4, -0.2) is 18.1 Å².